The van der Waals surface area contributed by atoms with Gasteiger partial charge in [-0.25, -0.2) is 4.98 Å². The maximum Gasteiger partial charge on any atom is 0.284 e. The maximum absolute atomic E-state index is 11.5. The van der Waals surface area contributed by atoms with Crippen molar-refractivity contribution in [3.63, 3.8) is 0 Å². The molecule has 0 bridgehead atoms. The highest BCUT2D eigenvalue weighted by molar-refractivity contribution is 5.94. The van der Waals surface area contributed by atoms with Crippen molar-refractivity contribution < 1.29 is 14.9 Å². The Labute approximate surface area is 149 Å². The Morgan fingerprint density at radius 1 is 1.19 bits per heavy atom. The van der Waals surface area contributed by atoms with Gasteiger partial charge in [0.1, 0.15) is 0 Å². The average Bonchev–Trinajstić information content (AvgIpc) is 3.09. The predicted molar refractivity (Wildman–Crippen MR) is 96.3 cm³/mol. The van der Waals surface area contributed by atoms with Crippen molar-refractivity contribution in [1.82, 2.24) is 15.0 Å². The van der Waals surface area contributed by atoms with E-state index < -0.39 is 5.91 Å². The lowest BCUT2D eigenvalue weighted by Gasteiger charge is -2.24. The maximum atomic E-state index is 11.5. The number of nitrogens with two attached hydrogens (primary N) is 1. The lowest BCUT2D eigenvalue weighted by molar-refractivity contribution is -0.350. The van der Waals surface area contributed by atoms with Crippen LogP contribution in [0.1, 0.15) is 36.3 Å². The quantitative estimate of drug-likeness (QED) is 0.561. The van der Waals surface area contributed by atoms with E-state index in [-0.39, 0.29) is 18.0 Å². The number of hydrogen-bond acceptors (Lipinski definition) is 5. The second-order valence-electron chi connectivity index (χ2n) is 6.62. The molecule has 0 unspecified atom stereocenters. The topological polar surface area (TPSA) is 131 Å². The fraction of sp³-hybridized carbons (Fsp3) is 0.333. The largest absolute Gasteiger partial charge is 0.393 e. The van der Waals surface area contributed by atoms with E-state index in [4.69, 9.17) is 5.73 Å². The normalized spacial score (nSPS) is 20.2. The van der Waals surface area contributed by atoms with Crippen LogP contribution in [0.2, 0.25) is 0 Å². The lowest BCUT2D eigenvalue weighted by atomic mass is 9.93. The molecular formula is C18H21N6O2+. The average molecular weight is 353 g/mol. The van der Waals surface area contributed by atoms with E-state index in [2.05, 4.69) is 25.3 Å². The molecule has 0 spiro atoms. The van der Waals surface area contributed by atoms with Gasteiger partial charge in [0.25, 0.3) is 17.4 Å². The molecule has 2 heterocycles. The third kappa shape index (κ3) is 3.23. The number of nitrogens with one attached hydrogen (secondary N) is 3. The molecule has 0 aliphatic heterocycles. The number of anilines is 1. The van der Waals surface area contributed by atoms with Gasteiger partial charge in [-0.3, -0.25) is 4.79 Å². The van der Waals surface area contributed by atoms with Crippen LogP contribution in [-0.4, -0.2) is 38.1 Å². The van der Waals surface area contributed by atoms with Gasteiger partial charge in [0.15, 0.2) is 11.3 Å². The molecule has 0 radical (unpaired) electrons. The van der Waals surface area contributed by atoms with E-state index in [1.54, 1.807) is 0 Å². The molecule has 0 atom stereocenters. The van der Waals surface area contributed by atoms with Crippen LogP contribution in [0.3, 0.4) is 0 Å². The highest BCUT2D eigenvalue weighted by Crippen LogP contribution is 2.25. The molecule has 1 amide bonds. The van der Waals surface area contributed by atoms with Crippen LogP contribution in [-0.2, 0) is 0 Å². The van der Waals surface area contributed by atoms with Gasteiger partial charge in [0.2, 0.25) is 5.82 Å². The van der Waals surface area contributed by atoms with Crippen molar-refractivity contribution in [3.8, 4) is 11.4 Å². The van der Waals surface area contributed by atoms with Crippen molar-refractivity contribution >= 4 is 22.9 Å². The summed E-state index contributed by atoms with van der Waals surface area (Å²) in [6, 6.07) is 9.94. The fourth-order valence-corrected chi connectivity index (χ4v) is 3.32. The summed E-state index contributed by atoms with van der Waals surface area (Å²) < 4.78 is 0. The SMILES string of the molecule is NC(=O)c1nc2nc(-c3ccccc3)[nH+]c(NC3CCC(O)CC3)c2[nH]1. The van der Waals surface area contributed by atoms with E-state index in [9.17, 15) is 9.90 Å². The summed E-state index contributed by atoms with van der Waals surface area (Å²) in [6.45, 7) is 0. The number of aromatic amines is 2. The van der Waals surface area contributed by atoms with E-state index in [1.807, 2.05) is 30.3 Å². The van der Waals surface area contributed by atoms with Crippen LogP contribution < -0.4 is 16.0 Å². The van der Waals surface area contributed by atoms with Gasteiger partial charge in [-0.1, -0.05) is 23.2 Å². The van der Waals surface area contributed by atoms with Gasteiger partial charge in [-0.2, -0.15) is 4.98 Å². The van der Waals surface area contributed by atoms with Gasteiger partial charge in [-0.05, 0) is 37.8 Å². The molecule has 3 aromatic rings. The first-order valence-electron chi connectivity index (χ1n) is 8.73. The standard InChI is InChI=1S/C18H20N6O2/c19-14(26)18-21-13-16(20-11-6-8-12(25)9-7-11)22-15(23-17(13)24-18)10-4-2-1-3-5-10/h1-5,11-12,25H,6-9H2,(H2,19,26)(H2,20,21,22,23,24)/p+1. The van der Waals surface area contributed by atoms with Gasteiger partial charge >= 0.3 is 0 Å². The first kappa shape index (κ1) is 16.5. The highest BCUT2D eigenvalue weighted by Gasteiger charge is 2.26. The number of aromatic nitrogens is 4. The third-order valence-corrected chi connectivity index (χ3v) is 4.72. The molecule has 1 aliphatic carbocycles. The number of carbonyl (C=O) groups excluding carboxylic acids is 1. The number of carbonyl (C=O) groups is 1. The number of hydrogen-bond donors (Lipinski definition) is 4. The molecule has 8 nitrogen and oxygen atoms in total. The van der Waals surface area contributed by atoms with Crippen molar-refractivity contribution in [2.75, 3.05) is 5.32 Å². The summed E-state index contributed by atoms with van der Waals surface area (Å²) in [5, 5.41) is 13.2. The zero-order valence-electron chi connectivity index (χ0n) is 14.2. The molecule has 1 saturated carbocycles. The number of amides is 1. The van der Waals surface area contributed by atoms with Crippen LogP contribution in [0.25, 0.3) is 22.6 Å². The van der Waals surface area contributed by atoms with Gasteiger partial charge < -0.3 is 21.1 Å². The molecular weight excluding hydrogens is 332 g/mol. The number of aliphatic hydroxyl groups excluding tert-OH is 1. The number of primary amides is 1. The van der Waals surface area contributed by atoms with Crippen LogP contribution in [0.5, 0.6) is 0 Å². The first-order chi connectivity index (χ1) is 12.6. The number of nitrogens with zero attached hydrogens (tertiary/aromatic N) is 2. The number of aliphatic hydroxyl groups is 1. The number of imidazole rings is 1. The molecule has 4 rings (SSSR count). The fourth-order valence-electron chi connectivity index (χ4n) is 3.32. The lowest BCUT2D eigenvalue weighted by Crippen LogP contribution is -2.31. The van der Waals surface area contributed by atoms with Crippen LogP contribution in [0, 0.1) is 0 Å². The predicted octanol–water partition coefficient (Wildman–Crippen LogP) is 1.25. The Kier molecular flexibility index (Phi) is 4.26. The Morgan fingerprint density at radius 2 is 1.92 bits per heavy atom. The zero-order chi connectivity index (χ0) is 18.1. The summed E-state index contributed by atoms with van der Waals surface area (Å²) in [4.78, 5) is 26.5. The van der Waals surface area contributed by atoms with Crippen molar-refractivity contribution in [3.05, 3.63) is 36.2 Å². The zero-order valence-corrected chi connectivity index (χ0v) is 14.2. The summed E-state index contributed by atoms with van der Waals surface area (Å²) in [5.74, 6) is 0.818. The van der Waals surface area contributed by atoms with Crippen molar-refractivity contribution in [1.29, 1.82) is 0 Å². The number of rotatable bonds is 4. The smallest absolute Gasteiger partial charge is 0.284 e. The third-order valence-electron chi connectivity index (χ3n) is 4.72. The van der Waals surface area contributed by atoms with E-state index in [1.165, 1.54) is 0 Å². The number of benzene rings is 1. The van der Waals surface area contributed by atoms with E-state index in [0.717, 1.165) is 37.1 Å². The number of H-pyrrole nitrogens is 2. The Hall–Kier alpha value is -3.00. The second-order valence-corrected chi connectivity index (χ2v) is 6.62. The molecule has 1 aromatic carbocycles. The summed E-state index contributed by atoms with van der Waals surface area (Å²) in [7, 11) is 0. The minimum Gasteiger partial charge on any atom is -0.393 e. The van der Waals surface area contributed by atoms with E-state index >= 15 is 0 Å². The van der Waals surface area contributed by atoms with Gasteiger partial charge in [-0.15, -0.1) is 0 Å². The van der Waals surface area contributed by atoms with Crippen LogP contribution >= 0.6 is 0 Å². The molecule has 8 heteroatoms. The highest BCUT2D eigenvalue weighted by atomic mass is 16.3. The van der Waals surface area contributed by atoms with Gasteiger partial charge in [0.05, 0.1) is 17.7 Å². The molecule has 1 fully saturated rings. The summed E-state index contributed by atoms with van der Waals surface area (Å²) in [5.41, 5.74) is 7.32. The Morgan fingerprint density at radius 3 is 2.62 bits per heavy atom. The minimum atomic E-state index is -0.629. The Bertz CT molecular complexity index is 932. The molecule has 1 aliphatic rings. The minimum absolute atomic E-state index is 0.0771. The molecule has 2 aromatic heterocycles. The second kappa shape index (κ2) is 6.72. The summed E-state index contributed by atoms with van der Waals surface area (Å²) >= 11 is 0. The first-order valence-corrected chi connectivity index (χ1v) is 8.73. The van der Waals surface area contributed by atoms with Crippen LogP contribution in [0.15, 0.2) is 30.3 Å². The van der Waals surface area contributed by atoms with E-state index in [0.29, 0.717) is 17.0 Å². The van der Waals surface area contributed by atoms with Crippen LogP contribution in [0.4, 0.5) is 5.82 Å². The molecule has 0 saturated heterocycles. The monoisotopic (exact) mass is 353 g/mol. The number of fused-ring (bicyclic) bond motifs is 1. The van der Waals surface area contributed by atoms with Gasteiger partial charge in [0, 0.05) is 0 Å². The Balaban J connectivity index is 1.76. The molecule has 134 valence electrons. The molecule has 26 heavy (non-hydrogen) atoms. The molecule has 6 N–H and O–H groups in total. The van der Waals surface area contributed by atoms with Crippen molar-refractivity contribution in [2.45, 2.75) is 37.8 Å². The van der Waals surface area contributed by atoms with Crippen molar-refractivity contribution in [2.24, 2.45) is 5.73 Å². The summed E-state index contributed by atoms with van der Waals surface area (Å²) in [6.07, 6.45) is 3.06.